The van der Waals surface area contributed by atoms with Crippen LogP contribution in [0, 0.1) is 5.92 Å². The maximum Gasteiger partial charge on any atom is 0.225 e. The molecule has 2 N–H and O–H groups in total. The number of nitrogens with zero attached hydrogens (tertiary/aromatic N) is 1. The van der Waals surface area contributed by atoms with Crippen LogP contribution in [0.3, 0.4) is 0 Å². The molecule has 1 amide bonds. The van der Waals surface area contributed by atoms with Crippen LogP contribution < -0.4 is 5.32 Å². The summed E-state index contributed by atoms with van der Waals surface area (Å²) in [5, 5.41) is 12.9. The van der Waals surface area contributed by atoms with Gasteiger partial charge in [0.1, 0.15) is 0 Å². The molecular formula is C20H30N2O2. The van der Waals surface area contributed by atoms with Gasteiger partial charge in [-0.15, -0.1) is 0 Å². The molecule has 1 heterocycles. The smallest absolute Gasteiger partial charge is 0.225 e. The van der Waals surface area contributed by atoms with E-state index in [1.165, 1.54) is 24.8 Å². The van der Waals surface area contributed by atoms with Crippen LogP contribution in [-0.2, 0) is 11.4 Å². The third-order valence-corrected chi connectivity index (χ3v) is 5.57. The second kappa shape index (κ2) is 8.13. The second-order valence-corrected chi connectivity index (χ2v) is 7.40. The Morgan fingerprint density at radius 1 is 1.29 bits per heavy atom. The van der Waals surface area contributed by atoms with Gasteiger partial charge in [-0.3, -0.25) is 4.79 Å². The summed E-state index contributed by atoms with van der Waals surface area (Å²) in [5.74, 6) is 0.657. The van der Waals surface area contributed by atoms with Crippen molar-refractivity contribution in [3.05, 3.63) is 35.4 Å². The Labute approximate surface area is 145 Å². The predicted molar refractivity (Wildman–Crippen MR) is 95.5 cm³/mol. The molecule has 1 saturated carbocycles. The maximum absolute atomic E-state index is 12.7. The van der Waals surface area contributed by atoms with Gasteiger partial charge in [-0.05, 0) is 37.3 Å². The molecule has 1 aliphatic carbocycles. The summed E-state index contributed by atoms with van der Waals surface area (Å²) in [6, 6.07) is 8.67. The Kier molecular flexibility index (Phi) is 5.90. The molecule has 24 heavy (non-hydrogen) atoms. The molecule has 4 nitrogen and oxygen atoms in total. The number of nitrogens with one attached hydrogen (secondary N) is 1. The molecule has 1 aliphatic heterocycles. The fraction of sp³-hybridized carbons (Fsp3) is 0.650. The molecule has 3 rings (SSSR count). The van der Waals surface area contributed by atoms with Crippen LogP contribution in [-0.4, -0.2) is 35.0 Å². The van der Waals surface area contributed by atoms with Gasteiger partial charge >= 0.3 is 0 Å². The minimum atomic E-state index is 0.0770. The van der Waals surface area contributed by atoms with E-state index in [1.54, 1.807) is 0 Å². The number of carbonyl (C=O) groups is 1. The second-order valence-electron chi connectivity index (χ2n) is 7.40. The van der Waals surface area contributed by atoms with Crippen molar-refractivity contribution in [3.63, 3.8) is 0 Å². The van der Waals surface area contributed by atoms with E-state index in [1.807, 2.05) is 12.1 Å². The standard InChI is InChI=1S/C20H30N2O2/c1-15(18-9-5-6-16(12-18)14-23)21-19-10-11-22(13-19)20(24)17-7-3-2-4-8-17/h5-6,9,12,15,17,19,21,23H,2-4,7-8,10-11,13-14H2,1H3. The summed E-state index contributed by atoms with van der Waals surface area (Å²) in [6.45, 7) is 3.95. The van der Waals surface area contributed by atoms with Gasteiger partial charge in [-0.25, -0.2) is 0 Å². The van der Waals surface area contributed by atoms with Crippen LogP contribution in [0.4, 0.5) is 0 Å². The lowest BCUT2D eigenvalue weighted by Crippen LogP contribution is -2.39. The van der Waals surface area contributed by atoms with E-state index >= 15 is 0 Å². The van der Waals surface area contributed by atoms with Crippen LogP contribution in [0.1, 0.15) is 62.6 Å². The zero-order chi connectivity index (χ0) is 16.9. The van der Waals surface area contributed by atoms with Crippen molar-refractivity contribution in [2.45, 2.75) is 64.1 Å². The van der Waals surface area contributed by atoms with Gasteiger partial charge in [-0.1, -0.05) is 43.5 Å². The number of amides is 1. The van der Waals surface area contributed by atoms with Crippen LogP contribution in [0.2, 0.25) is 0 Å². The first-order valence-corrected chi connectivity index (χ1v) is 9.42. The van der Waals surface area contributed by atoms with E-state index in [0.717, 1.165) is 37.9 Å². The molecule has 0 bridgehead atoms. The summed E-state index contributed by atoms with van der Waals surface area (Å²) >= 11 is 0. The Balaban J connectivity index is 1.52. The number of aliphatic hydroxyl groups excluding tert-OH is 1. The summed E-state index contributed by atoms with van der Waals surface area (Å²) in [4.78, 5) is 14.7. The number of aliphatic hydroxyl groups is 1. The number of hydrogen-bond acceptors (Lipinski definition) is 3. The van der Waals surface area contributed by atoms with Crippen molar-refractivity contribution in [2.75, 3.05) is 13.1 Å². The Bertz CT molecular complexity index is 554. The molecule has 0 aromatic heterocycles. The molecule has 132 valence electrons. The van der Waals surface area contributed by atoms with Gasteiger partial charge in [0.15, 0.2) is 0 Å². The van der Waals surface area contributed by atoms with Crippen LogP contribution in [0.25, 0.3) is 0 Å². The number of carbonyl (C=O) groups excluding carboxylic acids is 1. The maximum atomic E-state index is 12.7. The van der Waals surface area contributed by atoms with Crippen LogP contribution in [0.15, 0.2) is 24.3 Å². The van der Waals surface area contributed by atoms with Gasteiger partial charge in [-0.2, -0.15) is 0 Å². The third kappa shape index (κ3) is 4.17. The fourth-order valence-corrected chi connectivity index (χ4v) is 4.11. The first kappa shape index (κ1) is 17.4. The van der Waals surface area contributed by atoms with Crippen molar-refractivity contribution in [3.8, 4) is 0 Å². The van der Waals surface area contributed by atoms with E-state index in [9.17, 15) is 9.90 Å². The molecule has 4 heteroatoms. The Morgan fingerprint density at radius 3 is 2.83 bits per heavy atom. The Hall–Kier alpha value is -1.39. The number of likely N-dealkylation sites (tertiary alicyclic amines) is 1. The molecule has 2 aliphatic rings. The molecule has 1 aromatic carbocycles. The topological polar surface area (TPSA) is 52.6 Å². The van der Waals surface area contributed by atoms with E-state index in [-0.39, 0.29) is 18.6 Å². The highest BCUT2D eigenvalue weighted by atomic mass is 16.3. The van der Waals surface area contributed by atoms with Gasteiger partial charge in [0.2, 0.25) is 5.91 Å². The minimum absolute atomic E-state index is 0.0770. The van der Waals surface area contributed by atoms with Crippen molar-refractivity contribution < 1.29 is 9.90 Å². The SMILES string of the molecule is CC(NC1CCN(C(=O)C2CCCCC2)C1)c1cccc(CO)c1. The van der Waals surface area contributed by atoms with E-state index in [2.05, 4.69) is 29.3 Å². The monoisotopic (exact) mass is 330 g/mol. The number of benzene rings is 1. The largest absolute Gasteiger partial charge is 0.392 e. The van der Waals surface area contributed by atoms with E-state index < -0.39 is 0 Å². The lowest BCUT2D eigenvalue weighted by molar-refractivity contribution is -0.135. The summed E-state index contributed by atoms with van der Waals surface area (Å²) in [7, 11) is 0. The molecule has 2 atom stereocenters. The lowest BCUT2D eigenvalue weighted by Gasteiger charge is -2.26. The van der Waals surface area contributed by atoms with Crippen LogP contribution >= 0.6 is 0 Å². The highest BCUT2D eigenvalue weighted by Crippen LogP contribution is 2.27. The van der Waals surface area contributed by atoms with Crippen LogP contribution in [0.5, 0.6) is 0 Å². The minimum Gasteiger partial charge on any atom is -0.392 e. The average molecular weight is 330 g/mol. The molecule has 0 spiro atoms. The lowest BCUT2D eigenvalue weighted by atomic mass is 9.88. The molecular weight excluding hydrogens is 300 g/mol. The quantitative estimate of drug-likeness (QED) is 0.872. The van der Waals surface area contributed by atoms with Gasteiger partial charge in [0.05, 0.1) is 6.61 Å². The van der Waals surface area contributed by atoms with Gasteiger partial charge in [0, 0.05) is 31.1 Å². The van der Waals surface area contributed by atoms with Crippen molar-refractivity contribution in [2.24, 2.45) is 5.92 Å². The summed E-state index contributed by atoms with van der Waals surface area (Å²) < 4.78 is 0. The molecule has 2 fully saturated rings. The number of rotatable bonds is 5. The molecule has 1 aromatic rings. The first-order valence-electron chi connectivity index (χ1n) is 9.42. The normalized spacial score (nSPS) is 23.4. The van der Waals surface area contributed by atoms with E-state index in [0.29, 0.717) is 11.9 Å². The molecule has 0 radical (unpaired) electrons. The van der Waals surface area contributed by atoms with Gasteiger partial charge < -0.3 is 15.3 Å². The first-order chi connectivity index (χ1) is 11.7. The average Bonchev–Trinajstić information content (AvgIpc) is 3.10. The predicted octanol–water partition coefficient (Wildman–Crippen LogP) is 3.01. The highest BCUT2D eigenvalue weighted by molar-refractivity contribution is 5.79. The van der Waals surface area contributed by atoms with Crippen molar-refractivity contribution in [1.29, 1.82) is 0 Å². The fourth-order valence-electron chi connectivity index (χ4n) is 4.11. The highest BCUT2D eigenvalue weighted by Gasteiger charge is 2.31. The summed E-state index contributed by atoms with van der Waals surface area (Å²) in [6.07, 6.45) is 6.91. The molecule has 1 saturated heterocycles. The summed E-state index contributed by atoms with van der Waals surface area (Å²) in [5.41, 5.74) is 2.14. The van der Waals surface area contributed by atoms with Crippen molar-refractivity contribution >= 4 is 5.91 Å². The van der Waals surface area contributed by atoms with E-state index in [4.69, 9.17) is 0 Å². The Morgan fingerprint density at radius 2 is 2.08 bits per heavy atom. The molecule has 2 unspecified atom stereocenters. The van der Waals surface area contributed by atoms with Crippen molar-refractivity contribution in [1.82, 2.24) is 10.2 Å². The third-order valence-electron chi connectivity index (χ3n) is 5.57. The van der Waals surface area contributed by atoms with Gasteiger partial charge in [0.25, 0.3) is 0 Å². The number of hydrogen-bond donors (Lipinski definition) is 2. The zero-order valence-electron chi connectivity index (χ0n) is 14.7. The zero-order valence-corrected chi connectivity index (χ0v) is 14.7.